The number of benzene rings is 1. The van der Waals surface area contributed by atoms with E-state index < -0.39 is 0 Å². The van der Waals surface area contributed by atoms with Gasteiger partial charge in [-0.15, -0.1) is 0 Å². The standard InChI is InChI=1S/C18H23N3/c1-13-12-21(18(19-13)20-15-7-3-4-8-15)17-11-10-14-6-2-5-9-16(14)17/h2,5-6,9,12,15,17H,3-4,7-8,10-11H2,1H3,(H,19,20). The van der Waals surface area contributed by atoms with Gasteiger partial charge in [0.05, 0.1) is 11.7 Å². The second-order valence-electron chi connectivity index (χ2n) is 6.49. The number of aryl methyl sites for hydroxylation is 2. The van der Waals surface area contributed by atoms with Gasteiger partial charge in [0.1, 0.15) is 0 Å². The van der Waals surface area contributed by atoms with Gasteiger partial charge in [-0.3, -0.25) is 0 Å². The van der Waals surface area contributed by atoms with Gasteiger partial charge in [0.25, 0.3) is 0 Å². The number of nitrogens with zero attached hydrogens (tertiary/aromatic N) is 2. The van der Waals surface area contributed by atoms with Gasteiger partial charge in [0.2, 0.25) is 5.95 Å². The Kier molecular flexibility index (Phi) is 3.21. The highest BCUT2D eigenvalue weighted by Crippen LogP contribution is 2.36. The molecule has 2 aliphatic rings. The SMILES string of the molecule is Cc1cn(C2CCc3ccccc32)c(NC2CCCC2)n1. The summed E-state index contributed by atoms with van der Waals surface area (Å²) in [4.78, 5) is 4.74. The van der Waals surface area contributed by atoms with Gasteiger partial charge in [-0.25, -0.2) is 4.98 Å². The lowest BCUT2D eigenvalue weighted by Crippen LogP contribution is -2.19. The zero-order valence-electron chi connectivity index (χ0n) is 12.7. The molecule has 1 aromatic carbocycles. The van der Waals surface area contributed by atoms with E-state index in [1.54, 1.807) is 0 Å². The van der Waals surface area contributed by atoms with E-state index in [0.29, 0.717) is 12.1 Å². The van der Waals surface area contributed by atoms with Gasteiger partial charge in [-0.05, 0) is 43.7 Å². The molecule has 0 radical (unpaired) electrons. The quantitative estimate of drug-likeness (QED) is 0.918. The van der Waals surface area contributed by atoms with Crippen molar-refractivity contribution in [2.45, 2.75) is 57.5 Å². The monoisotopic (exact) mass is 281 g/mol. The minimum absolute atomic E-state index is 0.450. The van der Waals surface area contributed by atoms with Crippen LogP contribution in [0.2, 0.25) is 0 Å². The Morgan fingerprint density at radius 1 is 1.14 bits per heavy atom. The highest BCUT2D eigenvalue weighted by Gasteiger charge is 2.26. The Morgan fingerprint density at radius 3 is 2.81 bits per heavy atom. The first kappa shape index (κ1) is 12.9. The molecule has 1 N–H and O–H groups in total. The summed E-state index contributed by atoms with van der Waals surface area (Å²) in [6, 6.07) is 9.92. The van der Waals surface area contributed by atoms with Gasteiger partial charge in [0, 0.05) is 12.2 Å². The third-order valence-corrected chi connectivity index (χ3v) is 4.98. The fourth-order valence-electron chi connectivity index (χ4n) is 3.94. The summed E-state index contributed by atoms with van der Waals surface area (Å²) in [5.41, 5.74) is 4.09. The molecule has 3 nitrogen and oxygen atoms in total. The first-order valence-corrected chi connectivity index (χ1v) is 8.21. The van der Waals surface area contributed by atoms with E-state index in [4.69, 9.17) is 4.98 Å². The summed E-state index contributed by atoms with van der Waals surface area (Å²) >= 11 is 0. The molecule has 1 saturated carbocycles. The summed E-state index contributed by atoms with van der Waals surface area (Å²) in [5.74, 6) is 1.07. The molecular weight excluding hydrogens is 258 g/mol. The van der Waals surface area contributed by atoms with Crippen molar-refractivity contribution in [1.82, 2.24) is 9.55 Å². The fraction of sp³-hybridized carbons (Fsp3) is 0.500. The molecule has 0 saturated heterocycles. The van der Waals surface area contributed by atoms with Crippen LogP contribution in [0.25, 0.3) is 0 Å². The van der Waals surface area contributed by atoms with Gasteiger partial charge in [0.15, 0.2) is 0 Å². The van der Waals surface area contributed by atoms with Gasteiger partial charge in [-0.1, -0.05) is 37.1 Å². The largest absolute Gasteiger partial charge is 0.353 e. The number of nitrogens with one attached hydrogen (secondary N) is 1. The van der Waals surface area contributed by atoms with Crippen molar-refractivity contribution < 1.29 is 0 Å². The number of hydrogen-bond donors (Lipinski definition) is 1. The van der Waals surface area contributed by atoms with Gasteiger partial charge < -0.3 is 9.88 Å². The topological polar surface area (TPSA) is 29.9 Å². The molecule has 1 aromatic heterocycles. The minimum Gasteiger partial charge on any atom is -0.353 e. The van der Waals surface area contributed by atoms with Crippen LogP contribution in [0.4, 0.5) is 5.95 Å². The Balaban J connectivity index is 1.66. The summed E-state index contributed by atoms with van der Waals surface area (Å²) in [7, 11) is 0. The molecule has 3 heteroatoms. The Morgan fingerprint density at radius 2 is 1.95 bits per heavy atom. The Labute approximate surface area is 126 Å². The second-order valence-corrected chi connectivity index (χ2v) is 6.49. The maximum atomic E-state index is 4.74. The van der Waals surface area contributed by atoms with E-state index in [1.807, 2.05) is 0 Å². The van der Waals surface area contributed by atoms with Crippen LogP contribution in [-0.4, -0.2) is 15.6 Å². The molecule has 2 aromatic rings. The van der Waals surface area contributed by atoms with Crippen molar-refractivity contribution in [3.63, 3.8) is 0 Å². The molecule has 1 unspecified atom stereocenters. The number of aromatic nitrogens is 2. The zero-order valence-corrected chi connectivity index (χ0v) is 12.7. The molecule has 21 heavy (non-hydrogen) atoms. The lowest BCUT2D eigenvalue weighted by Gasteiger charge is -2.20. The van der Waals surface area contributed by atoms with Crippen LogP contribution in [0.3, 0.4) is 0 Å². The number of imidazole rings is 1. The third-order valence-electron chi connectivity index (χ3n) is 4.98. The van der Waals surface area contributed by atoms with Gasteiger partial charge in [-0.2, -0.15) is 0 Å². The molecule has 1 heterocycles. The van der Waals surface area contributed by atoms with E-state index in [0.717, 1.165) is 11.6 Å². The van der Waals surface area contributed by atoms with Crippen LogP contribution in [0.1, 0.15) is 55.0 Å². The highest BCUT2D eigenvalue weighted by atomic mass is 15.2. The Bertz CT molecular complexity index is 638. The minimum atomic E-state index is 0.450. The van der Waals surface area contributed by atoms with Gasteiger partial charge >= 0.3 is 0 Å². The summed E-state index contributed by atoms with van der Waals surface area (Å²) < 4.78 is 2.37. The molecule has 0 spiro atoms. The lowest BCUT2D eigenvalue weighted by atomic mass is 10.1. The number of fused-ring (bicyclic) bond motifs is 1. The normalized spacial score (nSPS) is 21.7. The summed E-state index contributed by atoms with van der Waals surface area (Å²) in [6.07, 6.45) is 9.85. The predicted molar refractivity (Wildman–Crippen MR) is 85.7 cm³/mol. The molecule has 1 atom stereocenters. The summed E-state index contributed by atoms with van der Waals surface area (Å²) in [6.45, 7) is 2.09. The van der Waals surface area contributed by atoms with Crippen LogP contribution in [0.15, 0.2) is 30.5 Å². The predicted octanol–water partition coefficient (Wildman–Crippen LogP) is 4.08. The lowest BCUT2D eigenvalue weighted by molar-refractivity contribution is 0.577. The van der Waals surface area contributed by atoms with E-state index >= 15 is 0 Å². The molecular formula is C18H23N3. The van der Waals surface area contributed by atoms with E-state index in [1.165, 1.54) is 49.7 Å². The first-order chi connectivity index (χ1) is 10.3. The molecule has 0 aliphatic heterocycles. The van der Waals surface area contributed by atoms with Crippen molar-refractivity contribution in [3.8, 4) is 0 Å². The van der Waals surface area contributed by atoms with Crippen molar-refractivity contribution in [2.24, 2.45) is 0 Å². The molecule has 1 fully saturated rings. The second kappa shape index (κ2) is 5.21. The third kappa shape index (κ3) is 2.35. The van der Waals surface area contributed by atoms with Crippen molar-refractivity contribution in [1.29, 1.82) is 0 Å². The van der Waals surface area contributed by atoms with Crippen LogP contribution in [0.5, 0.6) is 0 Å². The number of hydrogen-bond acceptors (Lipinski definition) is 2. The van der Waals surface area contributed by atoms with E-state index in [-0.39, 0.29) is 0 Å². The molecule has 2 aliphatic carbocycles. The van der Waals surface area contributed by atoms with E-state index in [2.05, 4.69) is 47.3 Å². The smallest absolute Gasteiger partial charge is 0.203 e. The first-order valence-electron chi connectivity index (χ1n) is 8.21. The van der Waals surface area contributed by atoms with Crippen molar-refractivity contribution >= 4 is 5.95 Å². The molecule has 110 valence electrons. The zero-order chi connectivity index (χ0) is 14.2. The van der Waals surface area contributed by atoms with Crippen LogP contribution in [-0.2, 0) is 6.42 Å². The molecule has 4 rings (SSSR count). The van der Waals surface area contributed by atoms with Crippen molar-refractivity contribution in [2.75, 3.05) is 5.32 Å². The fourth-order valence-corrected chi connectivity index (χ4v) is 3.94. The highest BCUT2D eigenvalue weighted by molar-refractivity contribution is 5.40. The molecule has 0 amide bonds. The summed E-state index contributed by atoms with van der Waals surface area (Å²) in [5, 5.41) is 3.69. The van der Waals surface area contributed by atoms with Crippen LogP contribution < -0.4 is 5.32 Å². The molecule has 0 bridgehead atoms. The Hall–Kier alpha value is -1.77. The number of rotatable bonds is 3. The van der Waals surface area contributed by atoms with E-state index in [9.17, 15) is 0 Å². The average Bonchev–Trinajstić information content (AvgIpc) is 3.19. The average molecular weight is 281 g/mol. The maximum Gasteiger partial charge on any atom is 0.203 e. The maximum absolute atomic E-state index is 4.74. The van der Waals surface area contributed by atoms with Crippen LogP contribution >= 0.6 is 0 Å². The van der Waals surface area contributed by atoms with Crippen molar-refractivity contribution in [3.05, 3.63) is 47.3 Å². The van der Waals surface area contributed by atoms with Crippen LogP contribution in [0, 0.1) is 6.92 Å². The number of anilines is 1.